The van der Waals surface area contributed by atoms with Gasteiger partial charge in [-0.25, -0.2) is 13.1 Å². The van der Waals surface area contributed by atoms with Gasteiger partial charge in [-0.3, -0.25) is 0 Å². The van der Waals surface area contributed by atoms with E-state index >= 15 is 0 Å². The number of nitrogens with zero attached hydrogens (tertiary/aromatic N) is 1. The molecule has 1 fully saturated rings. The van der Waals surface area contributed by atoms with Crippen molar-refractivity contribution in [3.8, 4) is 11.3 Å². The molecule has 1 heterocycles. The Bertz CT molecular complexity index is 728. The van der Waals surface area contributed by atoms with Crippen LogP contribution in [0.5, 0.6) is 0 Å². The molecule has 6 nitrogen and oxygen atoms in total. The minimum Gasteiger partial charge on any atom is -0.356 e. The summed E-state index contributed by atoms with van der Waals surface area (Å²) < 4.78 is 32.7. The van der Waals surface area contributed by atoms with Crippen LogP contribution in [0.4, 0.5) is 0 Å². The van der Waals surface area contributed by atoms with E-state index in [0.717, 1.165) is 19.3 Å². The van der Waals surface area contributed by atoms with Crippen molar-refractivity contribution in [3.05, 3.63) is 36.5 Å². The second-order valence-corrected chi connectivity index (χ2v) is 7.15. The quantitative estimate of drug-likeness (QED) is 0.864. The fourth-order valence-corrected chi connectivity index (χ4v) is 3.73. The normalized spacial score (nSPS) is 16.6. The third-order valence-electron chi connectivity index (χ3n) is 3.84. The zero-order valence-corrected chi connectivity index (χ0v) is 13.5. The van der Waals surface area contributed by atoms with Crippen LogP contribution in [-0.4, -0.2) is 25.7 Å². The van der Waals surface area contributed by atoms with Crippen LogP contribution in [0.3, 0.4) is 0 Å². The van der Waals surface area contributed by atoms with Crippen molar-refractivity contribution in [2.75, 3.05) is 6.54 Å². The van der Waals surface area contributed by atoms with Gasteiger partial charge in [0.05, 0.1) is 11.1 Å². The average Bonchev–Trinajstić information content (AvgIpc) is 2.97. The Kier molecular flexibility index (Phi) is 4.91. The van der Waals surface area contributed by atoms with Crippen molar-refractivity contribution in [2.45, 2.75) is 29.7 Å². The Morgan fingerprint density at radius 3 is 2.59 bits per heavy atom. The minimum absolute atomic E-state index is 0. The van der Waals surface area contributed by atoms with E-state index in [9.17, 15) is 8.42 Å². The highest BCUT2D eigenvalue weighted by molar-refractivity contribution is 7.89. The molecule has 0 spiro atoms. The van der Waals surface area contributed by atoms with Crippen LogP contribution >= 0.6 is 12.4 Å². The lowest BCUT2D eigenvalue weighted by Gasteiger charge is -2.38. The number of halogens is 1. The number of aromatic nitrogens is 1. The predicted octanol–water partition coefficient (Wildman–Crippen LogP) is 1.92. The third-order valence-corrected chi connectivity index (χ3v) is 5.30. The van der Waals surface area contributed by atoms with E-state index in [-0.39, 0.29) is 23.8 Å². The van der Waals surface area contributed by atoms with Gasteiger partial charge >= 0.3 is 0 Å². The van der Waals surface area contributed by atoms with Crippen molar-refractivity contribution in [1.82, 2.24) is 9.88 Å². The maximum absolute atomic E-state index is 12.5. The fraction of sp³-hybridized carbons (Fsp3) is 0.357. The first-order valence-corrected chi connectivity index (χ1v) is 8.27. The van der Waals surface area contributed by atoms with E-state index in [0.29, 0.717) is 11.3 Å². The summed E-state index contributed by atoms with van der Waals surface area (Å²) in [6.45, 7) is 0.250. The molecule has 2 aromatic rings. The molecule has 22 heavy (non-hydrogen) atoms. The van der Waals surface area contributed by atoms with Gasteiger partial charge in [0, 0.05) is 23.7 Å². The topological polar surface area (TPSA) is 98.2 Å². The molecular formula is C14H18ClN3O3S. The van der Waals surface area contributed by atoms with Gasteiger partial charge in [0.2, 0.25) is 10.0 Å². The number of sulfonamides is 1. The molecular weight excluding hydrogens is 326 g/mol. The molecule has 0 atom stereocenters. The summed E-state index contributed by atoms with van der Waals surface area (Å²) in [7, 11) is -3.64. The highest BCUT2D eigenvalue weighted by atomic mass is 35.5. The SMILES string of the molecule is Cl.NC1(CNS(=O)(=O)c2ccccc2-c2ccno2)CCC1. The van der Waals surface area contributed by atoms with Gasteiger partial charge in [-0.15, -0.1) is 12.4 Å². The Labute approximate surface area is 135 Å². The molecule has 1 aromatic heterocycles. The molecule has 0 radical (unpaired) electrons. The van der Waals surface area contributed by atoms with Crippen LogP contribution in [0.2, 0.25) is 0 Å². The molecule has 3 rings (SSSR count). The highest BCUT2D eigenvalue weighted by Gasteiger charge is 2.34. The molecule has 1 aromatic carbocycles. The van der Waals surface area contributed by atoms with Crippen LogP contribution in [0.25, 0.3) is 11.3 Å². The smallest absolute Gasteiger partial charge is 0.241 e. The lowest BCUT2D eigenvalue weighted by atomic mass is 9.78. The second kappa shape index (κ2) is 6.37. The van der Waals surface area contributed by atoms with Gasteiger partial charge in [0.15, 0.2) is 5.76 Å². The minimum atomic E-state index is -3.64. The number of benzene rings is 1. The van der Waals surface area contributed by atoms with Gasteiger partial charge in [-0.05, 0) is 31.4 Å². The summed E-state index contributed by atoms with van der Waals surface area (Å²) >= 11 is 0. The first-order chi connectivity index (χ1) is 10.0. The standard InChI is InChI=1S/C14H17N3O3S.ClH/c15-14(7-3-8-14)10-17-21(18,19)13-5-2-1-4-11(13)12-6-9-16-20-12;/h1-2,4-6,9,17H,3,7-8,10,15H2;1H. The molecule has 1 saturated carbocycles. The van der Waals surface area contributed by atoms with E-state index < -0.39 is 15.6 Å². The Morgan fingerprint density at radius 2 is 2.00 bits per heavy atom. The molecule has 1 aliphatic carbocycles. The van der Waals surface area contributed by atoms with Crippen LogP contribution in [0.1, 0.15) is 19.3 Å². The Hall–Kier alpha value is -1.41. The first kappa shape index (κ1) is 17.0. The molecule has 120 valence electrons. The molecule has 8 heteroatoms. The summed E-state index contributed by atoms with van der Waals surface area (Å²) in [5.41, 5.74) is 6.14. The van der Waals surface area contributed by atoms with Gasteiger partial charge in [-0.1, -0.05) is 17.3 Å². The summed E-state index contributed by atoms with van der Waals surface area (Å²) in [5, 5.41) is 3.62. The molecule has 0 aliphatic heterocycles. The van der Waals surface area contributed by atoms with Crippen molar-refractivity contribution < 1.29 is 12.9 Å². The fourth-order valence-electron chi connectivity index (χ4n) is 2.38. The zero-order chi connectivity index (χ0) is 14.9. The van der Waals surface area contributed by atoms with Crippen molar-refractivity contribution in [1.29, 1.82) is 0 Å². The summed E-state index contributed by atoms with van der Waals surface area (Å²) in [5.74, 6) is 0.419. The zero-order valence-electron chi connectivity index (χ0n) is 11.9. The van der Waals surface area contributed by atoms with Crippen LogP contribution < -0.4 is 10.5 Å². The van der Waals surface area contributed by atoms with Gasteiger partial charge in [-0.2, -0.15) is 0 Å². The predicted molar refractivity (Wildman–Crippen MR) is 85.1 cm³/mol. The number of nitrogens with two attached hydrogens (primary N) is 1. The highest BCUT2D eigenvalue weighted by Crippen LogP contribution is 2.30. The van der Waals surface area contributed by atoms with Crippen LogP contribution in [-0.2, 0) is 10.0 Å². The van der Waals surface area contributed by atoms with Gasteiger partial charge < -0.3 is 10.3 Å². The van der Waals surface area contributed by atoms with Gasteiger partial charge in [0.1, 0.15) is 0 Å². The van der Waals surface area contributed by atoms with Crippen LogP contribution in [0.15, 0.2) is 45.9 Å². The lowest BCUT2D eigenvalue weighted by molar-refractivity contribution is 0.251. The lowest BCUT2D eigenvalue weighted by Crippen LogP contribution is -2.54. The number of rotatable bonds is 5. The van der Waals surface area contributed by atoms with E-state index in [1.807, 2.05) is 0 Å². The first-order valence-electron chi connectivity index (χ1n) is 6.79. The largest absolute Gasteiger partial charge is 0.356 e. The summed E-state index contributed by atoms with van der Waals surface area (Å²) in [6, 6.07) is 8.30. The maximum Gasteiger partial charge on any atom is 0.241 e. The Balaban J connectivity index is 0.00000176. The Morgan fingerprint density at radius 1 is 1.27 bits per heavy atom. The molecule has 1 aliphatic rings. The van der Waals surface area contributed by atoms with Crippen molar-refractivity contribution in [3.63, 3.8) is 0 Å². The number of hydrogen-bond acceptors (Lipinski definition) is 5. The molecule has 0 bridgehead atoms. The van der Waals surface area contributed by atoms with Crippen molar-refractivity contribution >= 4 is 22.4 Å². The third kappa shape index (κ3) is 3.33. The maximum atomic E-state index is 12.5. The van der Waals surface area contributed by atoms with E-state index in [1.165, 1.54) is 6.20 Å². The van der Waals surface area contributed by atoms with Crippen molar-refractivity contribution in [2.24, 2.45) is 5.73 Å². The van der Waals surface area contributed by atoms with E-state index in [4.69, 9.17) is 10.3 Å². The van der Waals surface area contributed by atoms with E-state index in [1.54, 1.807) is 30.3 Å². The molecule has 0 amide bonds. The van der Waals surface area contributed by atoms with Gasteiger partial charge in [0.25, 0.3) is 0 Å². The number of nitrogens with one attached hydrogen (secondary N) is 1. The average molecular weight is 344 g/mol. The second-order valence-electron chi connectivity index (χ2n) is 5.41. The van der Waals surface area contributed by atoms with E-state index in [2.05, 4.69) is 9.88 Å². The summed E-state index contributed by atoms with van der Waals surface area (Å²) in [4.78, 5) is 0.171. The molecule has 0 unspecified atom stereocenters. The number of hydrogen-bond donors (Lipinski definition) is 2. The molecule has 3 N–H and O–H groups in total. The monoisotopic (exact) mass is 343 g/mol. The van der Waals surface area contributed by atoms with Crippen LogP contribution in [0, 0.1) is 0 Å². The molecule has 0 saturated heterocycles. The summed E-state index contributed by atoms with van der Waals surface area (Å²) in [6.07, 6.45) is 4.22.